The zero-order valence-corrected chi connectivity index (χ0v) is 24.1. The number of hydrogen-bond acceptors (Lipinski definition) is 13. The summed E-state index contributed by atoms with van der Waals surface area (Å²) < 4.78 is 38.6. The molecule has 0 spiro atoms. The van der Waals surface area contributed by atoms with Gasteiger partial charge in [-0.05, 0) is 24.3 Å². The van der Waals surface area contributed by atoms with Crippen LogP contribution in [-0.2, 0) is 42.9 Å². The molecule has 226 valence electrons. The lowest BCUT2D eigenvalue weighted by Crippen LogP contribution is -2.63. The standard InChI is InChI=1S/C26H37NO12.ClH/c1-14(2)27-11-19(32)12-34-20-7-9-21(10-8-20)38-26-25(37-18(6)31)24(36-17(5)30)23(35-16(4)29)22(39-26)13-33-15(3)28;/h7-10,14,19,22-27,32H,11-13H2,1-6H3;1H/t19-,22+,23+,24-,25+,26+;/m0./s1. The Hall–Kier alpha value is -3.13. The highest BCUT2D eigenvalue weighted by molar-refractivity contribution is 5.85. The Bertz CT molecular complexity index is 973. The second kappa shape index (κ2) is 16.9. The number of aliphatic hydroxyl groups excluding tert-OH is 1. The van der Waals surface area contributed by atoms with Crippen molar-refractivity contribution >= 4 is 36.3 Å². The average molecular weight is 592 g/mol. The molecule has 0 saturated carbocycles. The van der Waals surface area contributed by atoms with Crippen molar-refractivity contribution in [3.05, 3.63) is 24.3 Å². The summed E-state index contributed by atoms with van der Waals surface area (Å²) in [5.74, 6) is -2.09. The summed E-state index contributed by atoms with van der Waals surface area (Å²) in [6.07, 6.45) is -7.13. The van der Waals surface area contributed by atoms with E-state index >= 15 is 0 Å². The van der Waals surface area contributed by atoms with Crippen LogP contribution in [-0.4, -0.2) is 91.6 Å². The fourth-order valence-electron chi connectivity index (χ4n) is 3.66. The predicted octanol–water partition coefficient (Wildman–Crippen LogP) is 1.31. The zero-order chi connectivity index (χ0) is 29.1. The summed E-state index contributed by atoms with van der Waals surface area (Å²) in [6, 6.07) is 6.55. The first-order valence-corrected chi connectivity index (χ1v) is 12.5. The first kappa shape index (κ1) is 34.9. The molecule has 0 aliphatic carbocycles. The molecule has 1 aromatic carbocycles. The van der Waals surface area contributed by atoms with E-state index in [0.717, 1.165) is 20.8 Å². The molecular formula is C26H38ClNO12. The lowest BCUT2D eigenvalue weighted by atomic mass is 9.98. The van der Waals surface area contributed by atoms with E-state index in [1.54, 1.807) is 24.3 Å². The molecule has 14 heteroatoms. The van der Waals surface area contributed by atoms with E-state index in [1.807, 2.05) is 13.8 Å². The molecule has 1 aromatic rings. The lowest BCUT2D eigenvalue weighted by molar-refractivity contribution is -0.288. The maximum atomic E-state index is 11.9. The van der Waals surface area contributed by atoms with Gasteiger partial charge in [0.25, 0.3) is 0 Å². The van der Waals surface area contributed by atoms with Gasteiger partial charge in [0.2, 0.25) is 12.4 Å². The zero-order valence-electron chi connectivity index (χ0n) is 23.3. The number of carbonyl (C=O) groups excluding carboxylic acids is 4. The van der Waals surface area contributed by atoms with Gasteiger partial charge >= 0.3 is 23.9 Å². The molecule has 13 nitrogen and oxygen atoms in total. The van der Waals surface area contributed by atoms with Crippen LogP contribution >= 0.6 is 12.4 Å². The molecule has 2 rings (SSSR count). The van der Waals surface area contributed by atoms with Crippen molar-refractivity contribution in [2.75, 3.05) is 19.8 Å². The minimum absolute atomic E-state index is 0. The summed E-state index contributed by atoms with van der Waals surface area (Å²) in [7, 11) is 0. The van der Waals surface area contributed by atoms with Gasteiger partial charge in [-0.25, -0.2) is 0 Å². The van der Waals surface area contributed by atoms with Crippen molar-refractivity contribution in [1.29, 1.82) is 0 Å². The Morgan fingerprint density at radius 3 is 1.90 bits per heavy atom. The maximum Gasteiger partial charge on any atom is 0.303 e. The highest BCUT2D eigenvalue weighted by Crippen LogP contribution is 2.31. The van der Waals surface area contributed by atoms with Crippen molar-refractivity contribution in [3.63, 3.8) is 0 Å². The summed E-state index contributed by atoms with van der Waals surface area (Å²) in [4.78, 5) is 47.1. The predicted molar refractivity (Wildman–Crippen MR) is 141 cm³/mol. The van der Waals surface area contributed by atoms with Crippen molar-refractivity contribution < 1.29 is 57.4 Å². The first-order chi connectivity index (χ1) is 18.3. The molecule has 0 unspecified atom stereocenters. The number of aliphatic hydroxyl groups is 1. The Kier molecular flexibility index (Phi) is 14.7. The summed E-state index contributed by atoms with van der Waals surface area (Å²) in [5, 5.41) is 13.1. The Balaban J connectivity index is 0.00000800. The molecular weight excluding hydrogens is 554 g/mol. The van der Waals surface area contributed by atoms with E-state index in [0.29, 0.717) is 12.3 Å². The third-order valence-electron chi connectivity index (χ3n) is 5.23. The van der Waals surface area contributed by atoms with Crippen LogP contribution in [0.5, 0.6) is 11.5 Å². The molecule has 1 aliphatic rings. The highest BCUT2D eigenvalue weighted by atomic mass is 35.5. The third kappa shape index (κ3) is 11.9. The Morgan fingerprint density at radius 2 is 1.38 bits per heavy atom. The number of carbonyl (C=O) groups is 4. The largest absolute Gasteiger partial charge is 0.491 e. The molecule has 0 amide bonds. The van der Waals surface area contributed by atoms with Crippen LogP contribution in [0.25, 0.3) is 0 Å². The molecule has 1 heterocycles. The lowest BCUT2D eigenvalue weighted by Gasteiger charge is -2.43. The van der Waals surface area contributed by atoms with E-state index < -0.39 is 60.7 Å². The minimum atomic E-state index is -1.35. The molecule has 1 saturated heterocycles. The van der Waals surface area contributed by atoms with Gasteiger partial charge in [0.05, 0.1) is 0 Å². The number of hydrogen-bond donors (Lipinski definition) is 2. The number of halogens is 1. The molecule has 40 heavy (non-hydrogen) atoms. The van der Waals surface area contributed by atoms with Crippen LogP contribution in [0.15, 0.2) is 24.3 Å². The van der Waals surface area contributed by atoms with E-state index in [1.165, 1.54) is 6.92 Å². The van der Waals surface area contributed by atoms with Gasteiger partial charge in [0.15, 0.2) is 12.2 Å². The maximum absolute atomic E-state index is 11.9. The van der Waals surface area contributed by atoms with E-state index in [2.05, 4.69) is 5.32 Å². The van der Waals surface area contributed by atoms with Crippen LogP contribution < -0.4 is 14.8 Å². The third-order valence-corrected chi connectivity index (χ3v) is 5.23. The van der Waals surface area contributed by atoms with Crippen molar-refractivity contribution in [1.82, 2.24) is 5.32 Å². The second-order valence-corrected chi connectivity index (χ2v) is 9.18. The summed E-state index contributed by atoms with van der Waals surface area (Å²) >= 11 is 0. The van der Waals surface area contributed by atoms with Crippen molar-refractivity contribution in [2.45, 2.75) is 84.4 Å². The second-order valence-electron chi connectivity index (χ2n) is 9.18. The Morgan fingerprint density at radius 1 is 0.850 bits per heavy atom. The van der Waals surface area contributed by atoms with Gasteiger partial charge in [0, 0.05) is 40.3 Å². The molecule has 0 bridgehead atoms. The van der Waals surface area contributed by atoms with Gasteiger partial charge < -0.3 is 43.6 Å². The fraction of sp³-hybridized carbons (Fsp3) is 0.615. The smallest absolute Gasteiger partial charge is 0.303 e. The Labute approximate surface area is 239 Å². The van der Waals surface area contributed by atoms with Gasteiger partial charge in [0.1, 0.15) is 36.9 Å². The van der Waals surface area contributed by atoms with Crippen LogP contribution in [0.1, 0.15) is 41.5 Å². The summed E-state index contributed by atoms with van der Waals surface area (Å²) in [5.41, 5.74) is 0. The van der Waals surface area contributed by atoms with Crippen molar-refractivity contribution in [3.8, 4) is 11.5 Å². The van der Waals surface area contributed by atoms with Crippen LogP contribution in [0.2, 0.25) is 0 Å². The summed E-state index contributed by atoms with van der Waals surface area (Å²) in [6.45, 7) is 8.63. The first-order valence-electron chi connectivity index (χ1n) is 12.5. The molecule has 0 radical (unpaired) electrons. The van der Waals surface area contributed by atoms with E-state index in [4.69, 9.17) is 33.2 Å². The van der Waals surface area contributed by atoms with E-state index in [-0.39, 0.29) is 37.4 Å². The van der Waals surface area contributed by atoms with Gasteiger partial charge in [-0.2, -0.15) is 0 Å². The van der Waals surface area contributed by atoms with Crippen LogP contribution in [0.4, 0.5) is 0 Å². The fourth-order valence-corrected chi connectivity index (χ4v) is 3.66. The van der Waals surface area contributed by atoms with Gasteiger partial charge in [-0.3, -0.25) is 19.2 Å². The van der Waals surface area contributed by atoms with Gasteiger partial charge in [-0.1, -0.05) is 13.8 Å². The van der Waals surface area contributed by atoms with Crippen LogP contribution in [0.3, 0.4) is 0 Å². The number of esters is 4. The monoisotopic (exact) mass is 591 g/mol. The minimum Gasteiger partial charge on any atom is -0.491 e. The quantitative estimate of drug-likeness (QED) is 0.249. The SMILES string of the molecule is CC(=O)OC[C@H]1O[C@@H](Oc2ccc(OC[C@@H](O)CNC(C)C)cc2)[C@H](OC(C)=O)[C@@H](OC(C)=O)[C@@H]1OC(C)=O.Cl. The number of nitrogens with one attached hydrogen (secondary N) is 1. The molecule has 1 fully saturated rings. The number of benzene rings is 1. The van der Waals surface area contributed by atoms with Crippen molar-refractivity contribution in [2.24, 2.45) is 0 Å². The number of ether oxygens (including phenoxy) is 7. The molecule has 1 aliphatic heterocycles. The van der Waals surface area contributed by atoms with Gasteiger partial charge in [-0.15, -0.1) is 12.4 Å². The highest BCUT2D eigenvalue weighted by Gasteiger charge is 2.53. The molecule has 2 N–H and O–H groups in total. The molecule has 6 atom stereocenters. The average Bonchev–Trinajstić information content (AvgIpc) is 2.83. The normalized spacial score (nSPS) is 22.8. The number of rotatable bonds is 13. The molecule has 0 aromatic heterocycles. The van der Waals surface area contributed by atoms with E-state index in [9.17, 15) is 24.3 Å². The topological polar surface area (TPSA) is 165 Å². The van der Waals surface area contributed by atoms with Crippen LogP contribution in [0, 0.1) is 0 Å².